The first kappa shape index (κ1) is 16.4. The van der Waals surface area contributed by atoms with Crippen LogP contribution in [-0.2, 0) is 4.79 Å². The summed E-state index contributed by atoms with van der Waals surface area (Å²) in [5, 5.41) is 2.96. The van der Waals surface area contributed by atoms with Gasteiger partial charge in [0.1, 0.15) is 5.82 Å². The molecule has 1 aliphatic carbocycles. The number of pyridine rings is 1. The van der Waals surface area contributed by atoms with E-state index in [1.165, 1.54) is 0 Å². The third-order valence-corrected chi connectivity index (χ3v) is 5.95. The molecular weight excluding hydrogens is 330 g/mol. The number of nitrogens with zero attached hydrogens (tertiary/aromatic N) is 1. The van der Waals surface area contributed by atoms with Gasteiger partial charge in [-0.2, -0.15) is 0 Å². The number of halogens is 1. The number of hydrogen-bond donors (Lipinski definition) is 2. The fourth-order valence-corrected chi connectivity index (χ4v) is 3.36. The lowest BCUT2D eigenvalue weighted by molar-refractivity contribution is -0.127. The molecule has 0 bridgehead atoms. The van der Waals surface area contributed by atoms with Crippen LogP contribution in [0.2, 0.25) is 0 Å². The number of nitrogens with two attached hydrogens (primary N) is 1. The molecule has 0 spiro atoms. The predicted octanol–water partition coefficient (Wildman–Crippen LogP) is 3.49. The van der Waals surface area contributed by atoms with E-state index in [0.29, 0.717) is 11.7 Å². The second kappa shape index (κ2) is 6.05. The lowest BCUT2D eigenvalue weighted by atomic mass is 9.61. The summed E-state index contributed by atoms with van der Waals surface area (Å²) in [5.74, 6) is 0.951. The van der Waals surface area contributed by atoms with Crippen LogP contribution in [0.5, 0.6) is 0 Å². The normalized spacial score (nSPS) is 28.2. The zero-order valence-corrected chi connectivity index (χ0v) is 14.7. The molecule has 116 valence electrons. The summed E-state index contributed by atoms with van der Waals surface area (Å²) in [6.45, 7) is 8.40. The maximum absolute atomic E-state index is 12.6. The first-order valence-corrected chi connectivity index (χ1v) is 8.21. The molecule has 21 heavy (non-hydrogen) atoms. The molecule has 2 rings (SSSR count). The highest BCUT2D eigenvalue weighted by Gasteiger charge is 2.45. The summed E-state index contributed by atoms with van der Waals surface area (Å²) in [7, 11) is 0. The Bertz CT molecular complexity index is 544. The maximum Gasteiger partial charge on any atom is 0.229 e. The summed E-state index contributed by atoms with van der Waals surface area (Å²) in [4.78, 5) is 16.9. The Morgan fingerprint density at radius 3 is 2.76 bits per heavy atom. The Labute approximate surface area is 135 Å². The zero-order valence-electron chi connectivity index (χ0n) is 13.1. The number of aryl methyl sites for hydroxylation is 1. The maximum atomic E-state index is 12.6. The molecule has 1 fully saturated rings. The largest absolute Gasteiger partial charge is 0.327 e. The van der Waals surface area contributed by atoms with E-state index in [-0.39, 0.29) is 23.3 Å². The number of hydrogen-bond acceptors (Lipinski definition) is 3. The standard InChI is InChI=1S/C16H24BrN3O/c1-9-7-14(19-8-12(9)17)20-15(21)11-5-6-13(18)10(2)16(11,3)4/h7-8,10-11,13H,5-6,18H2,1-4H3,(H,19,20,21). The van der Waals surface area contributed by atoms with Crippen LogP contribution in [0.15, 0.2) is 16.7 Å². The van der Waals surface area contributed by atoms with Crippen molar-refractivity contribution in [2.45, 2.75) is 46.6 Å². The summed E-state index contributed by atoms with van der Waals surface area (Å²) < 4.78 is 0.943. The Morgan fingerprint density at radius 1 is 1.48 bits per heavy atom. The van der Waals surface area contributed by atoms with Gasteiger partial charge in [-0.25, -0.2) is 4.98 Å². The van der Waals surface area contributed by atoms with Crippen LogP contribution in [0.1, 0.15) is 39.2 Å². The van der Waals surface area contributed by atoms with Gasteiger partial charge in [-0.15, -0.1) is 0 Å². The van der Waals surface area contributed by atoms with Crippen molar-refractivity contribution in [3.8, 4) is 0 Å². The summed E-state index contributed by atoms with van der Waals surface area (Å²) in [6.07, 6.45) is 3.45. The first-order chi connectivity index (χ1) is 9.73. The number of rotatable bonds is 2. The predicted molar refractivity (Wildman–Crippen MR) is 88.9 cm³/mol. The molecule has 0 radical (unpaired) electrons. The SMILES string of the molecule is Cc1cc(NC(=O)C2CCC(N)C(C)C2(C)C)ncc1Br. The minimum Gasteiger partial charge on any atom is -0.327 e. The van der Waals surface area contributed by atoms with Crippen LogP contribution in [0.4, 0.5) is 5.82 Å². The molecule has 0 saturated heterocycles. The summed E-state index contributed by atoms with van der Waals surface area (Å²) >= 11 is 3.42. The molecule has 5 heteroatoms. The Hall–Kier alpha value is -0.940. The van der Waals surface area contributed by atoms with E-state index in [1.54, 1.807) is 6.20 Å². The van der Waals surface area contributed by atoms with Gasteiger partial charge in [0.2, 0.25) is 5.91 Å². The molecule has 0 aromatic carbocycles. The smallest absolute Gasteiger partial charge is 0.229 e. The Kier molecular flexibility index (Phi) is 4.73. The molecule has 4 nitrogen and oxygen atoms in total. The van der Waals surface area contributed by atoms with Gasteiger partial charge in [0.25, 0.3) is 0 Å². The molecule has 1 aliphatic rings. The molecule has 0 aliphatic heterocycles. The second-order valence-corrected chi connectivity index (χ2v) is 7.57. The quantitative estimate of drug-likeness (QED) is 0.854. The average molecular weight is 354 g/mol. The monoisotopic (exact) mass is 353 g/mol. The van der Waals surface area contributed by atoms with Gasteiger partial charge in [-0.3, -0.25) is 4.79 Å². The van der Waals surface area contributed by atoms with Crippen molar-refractivity contribution in [1.82, 2.24) is 4.98 Å². The lowest BCUT2D eigenvalue weighted by Gasteiger charge is -2.45. The van der Waals surface area contributed by atoms with E-state index in [0.717, 1.165) is 22.9 Å². The average Bonchev–Trinajstić information content (AvgIpc) is 2.40. The van der Waals surface area contributed by atoms with Crippen molar-refractivity contribution in [1.29, 1.82) is 0 Å². The van der Waals surface area contributed by atoms with Crippen molar-refractivity contribution in [2.24, 2.45) is 23.0 Å². The summed E-state index contributed by atoms with van der Waals surface area (Å²) in [6, 6.07) is 2.06. The van der Waals surface area contributed by atoms with E-state index in [4.69, 9.17) is 5.73 Å². The molecule has 1 amide bonds. The van der Waals surface area contributed by atoms with Gasteiger partial charge < -0.3 is 11.1 Å². The van der Waals surface area contributed by atoms with Crippen LogP contribution in [0.3, 0.4) is 0 Å². The van der Waals surface area contributed by atoms with Gasteiger partial charge in [-0.1, -0.05) is 20.8 Å². The lowest BCUT2D eigenvalue weighted by Crippen LogP contribution is -2.50. The van der Waals surface area contributed by atoms with Crippen molar-refractivity contribution >= 4 is 27.7 Å². The third kappa shape index (κ3) is 3.29. The van der Waals surface area contributed by atoms with Crippen LogP contribution in [0.25, 0.3) is 0 Å². The highest BCUT2D eigenvalue weighted by molar-refractivity contribution is 9.10. The molecule has 1 aromatic rings. The number of nitrogens with one attached hydrogen (secondary N) is 1. The van der Waals surface area contributed by atoms with Gasteiger partial charge in [-0.05, 0) is 58.7 Å². The minimum absolute atomic E-state index is 0.0296. The number of carbonyl (C=O) groups is 1. The minimum atomic E-state index is -0.105. The molecule has 1 saturated carbocycles. The molecule has 3 unspecified atom stereocenters. The Balaban J connectivity index is 2.14. The molecule has 1 aromatic heterocycles. The van der Waals surface area contributed by atoms with E-state index in [9.17, 15) is 4.79 Å². The summed E-state index contributed by atoms with van der Waals surface area (Å²) in [5.41, 5.74) is 7.11. The van der Waals surface area contributed by atoms with E-state index in [2.05, 4.69) is 47.0 Å². The van der Waals surface area contributed by atoms with Crippen LogP contribution in [-0.4, -0.2) is 16.9 Å². The van der Waals surface area contributed by atoms with Crippen LogP contribution >= 0.6 is 15.9 Å². The van der Waals surface area contributed by atoms with Crippen molar-refractivity contribution in [3.05, 3.63) is 22.3 Å². The van der Waals surface area contributed by atoms with Gasteiger partial charge >= 0.3 is 0 Å². The third-order valence-electron chi connectivity index (χ3n) is 5.12. The van der Waals surface area contributed by atoms with Gasteiger partial charge in [0.15, 0.2) is 0 Å². The second-order valence-electron chi connectivity index (χ2n) is 6.71. The number of amides is 1. The molecule has 1 heterocycles. The topological polar surface area (TPSA) is 68.0 Å². The van der Waals surface area contributed by atoms with Crippen molar-refractivity contribution in [2.75, 3.05) is 5.32 Å². The van der Waals surface area contributed by atoms with E-state index < -0.39 is 0 Å². The Morgan fingerprint density at radius 2 is 2.14 bits per heavy atom. The molecule has 3 N–H and O–H groups in total. The highest BCUT2D eigenvalue weighted by Crippen LogP contribution is 2.44. The first-order valence-electron chi connectivity index (χ1n) is 7.42. The van der Waals surface area contributed by atoms with Crippen LogP contribution < -0.4 is 11.1 Å². The van der Waals surface area contributed by atoms with E-state index in [1.807, 2.05) is 13.0 Å². The van der Waals surface area contributed by atoms with Crippen LogP contribution in [0, 0.1) is 24.2 Å². The number of aromatic nitrogens is 1. The van der Waals surface area contributed by atoms with E-state index >= 15 is 0 Å². The zero-order chi connectivity index (χ0) is 15.8. The number of anilines is 1. The molecule has 3 atom stereocenters. The van der Waals surface area contributed by atoms with Crippen molar-refractivity contribution < 1.29 is 4.79 Å². The number of carbonyl (C=O) groups excluding carboxylic acids is 1. The molecular formula is C16H24BrN3O. The fourth-order valence-electron chi connectivity index (χ4n) is 3.14. The van der Waals surface area contributed by atoms with Gasteiger partial charge in [0.05, 0.1) is 0 Å². The fraction of sp³-hybridized carbons (Fsp3) is 0.625. The highest BCUT2D eigenvalue weighted by atomic mass is 79.9. The van der Waals surface area contributed by atoms with Crippen molar-refractivity contribution in [3.63, 3.8) is 0 Å². The van der Waals surface area contributed by atoms with Gasteiger partial charge in [0, 0.05) is 22.6 Å².